The van der Waals surface area contributed by atoms with E-state index in [1.165, 1.54) is 19.5 Å². The van der Waals surface area contributed by atoms with Gasteiger partial charge in [0.15, 0.2) is 0 Å². The van der Waals surface area contributed by atoms with Gasteiger partial charge in [-0.3, -0.25) is 9.88 Å². The molecule has 0 saturated carbocycles. The number of hydrogen-bond donors (Lipinski definition) is 0. The van der Waals surface area contributed by atoms with Gasteiger partial charge in [-0.05, 0) is 18.9 Å². The first-order chi connectivity index (χ1) is 6.74. The average molecular weight is 212 g/mol. The van der Waals surface area contributed by atoms with Crippen molar-refractivity contribution in [3.05, 3.63) is 23.2 Å². The monoisotopic (exact) mass is 211 g/mol. The Hall–Kier alpha value is -0.670. The first kappa shape index (κ1) is 9.87. The molecule has 1 fully saturated rings. The molecule has 1 aliphatic rings. The molecule has 0 radical (unpaired) electrons. The van der Waals surface area contributed by atoms with Gasteiger partial charge in [-0.25, -0.2) is 4.98 Å². The highest BCUT2D eigenvalue weighted by Gasteiger charge is 2.18. The van der Waals surface area contributed by atoms with Gasteiger partial charge in [-0.1, -0.05) is 18.5 Å². The zero-order valence-electron chi connectivity index (χ0n) is 8.28. The minimum Gasteiger partial charge on any atom is -0.297 e. The van der Waals surface area contributed by atoms with Crippen LogP contribution in [0.1, 0.15) is 19.0 Å². The highest BCUT2D eigenvalue weighted by atomic mass is 35.5. The zero-order valence-corrected chi connectivity index (χ0v) is 9.04. The molecular formula is C10H14ClN3. The van der Waals surface area contributed by atoms with Gasteiger partial charge in [0.1, 0.15) is 5.15 Å². The molecule has 1 aromatic rings. The Morgan fingerprint density at radius 3 is 2.93 bits per heavy atom. The smallest absolute Gasteiger partial charge is 0.147 e. The summed E-state index contributed by atoms with van der Waals surface area (Å²) in [6, 6.07) is 0. The Morgan fingerprint density at radius 1 is 1.50 bits per heavy atom. The van der Waals surface area contributed by atoms with Gasteiger partial charge in [0.25, 0.3) is 0 Å². The molecule has 1 aromatic heterocycles. The maximum absolute atomic E-state index is 5.66. The summed E-state index contributed by atoms with van der Waals surface area (Å²) < 4.78 is 0. The fourth-order valence-corrected chi connectivity index (χ4v) is 1.92. The van der Waals surface area contributed by atoms with E-state index in [1.54, 1.807) is 12.4 Å². The Morgan fingerprint density at radius 2 is 2.36 bits per heavy atom. The van der Waals surface area contributed by atoms with Crippen molar-refractivity contribution in [2.75, 3.05) is 13.1 Å². The van der Waals surface area contributed by atoms with Gasteiger partial charge in [-0.2, -0.15) is 0 Å². The Kier molecular flexibility index (Phi) is 2.99. The van der Waals surface area contributed by atoms with E-state index in [0.29, 0.717) is 5.15 Å². The van der Waals surface area contributed by atoms with Gasteiger partial charge in [0, 0.05) is 13.1 Å². The lowest BCUT2D eigenvalue weighted by molar-refractivity contribution is 0.316. The molecule has 0 amide bonds. The standard InChI is InChI=1S/C10H14ClN3/c1-8-2-3-14(6-8)7-9-4-13-10(11)5-12-9/h4-5,8H,2-3,6-7H2,1H3. The third-order valence-corrected chi connectivity index (χ3v) is 2.76. The van der Waals surface area contributed by atoms with E-state index in [4.69, 9.17) is 11.6 Å². The summed E-state index contributed by atoms with van der Waals surface area (Å²) in [4.78, 5) is 10.7. The summed E-state index contributed by atoms with van der Waals surface area (Å²) in [5.41, 5.74) is 1.00. The van der Waals surface area contributed by atoms with Crippen LogP contribution in [0.15, 0.2) is 12.4 Å². The summed E-state index contributed by atoms with van der Waals surface area (Å²) in [5.74, 6) is 0.815. The molecule has 2 heterocycles. The van der Waals surface area contributed by atoms with Crippen molar-refractivity contribution >= 4 is 11.6 Å². The van der Waals surface area contributed by atoms with E-state index in [0.717, 1.165) is 18.2 Å². The largest absolute Gasteiger partial charge is 0.297 e. The van der Waals surface area contributed by atoms with Gasteiger partial charge >= 0.3 is 0 Å². The van der Waals surface area contributed by atoms with E-state index < -0.39 is 0 Å². The van der Waals surface area contributed by atoms with Gasteiger partial charge in [-0.15, -0.1) is 0 Å². The van der Waals surface area contributed by atoms with Crippen molar-refractivity contribution in [2.24, 2.45) is 5.92 Å². The number of likely N-dealkylation sites (tertiary alicyclic amines) is 1. The SMILES string of the molecule is CC1CCN(Cc2cnc(Cl)cn2)C1. The summed E-state index contributed by atoms with van der Waals surface area (Å²) >= 11 is 5.66. The molecular weight excluding hydrogens is 198 g/mol. The number of rotatable bonds is 2. The number of aromatic nitrogens is 2. The van der Waals surface area contributed by atoms with Crippen LogP contribution in [0.5, 0.6) is 0 Å². The molecule has 0 aliphatic carbocycles. The molecule has 14 heavy (non-hydrogen) atoms. The lowest BCUT2D eigenvalue weighted by Crippen LogP contribution is -2.20. The van der Waals surface area contributed by atoms with Crippen molar-refractivity contribution in [2.45, 2.75) is 19.9 Å². The molecule has 1 saturated heterocycles. The third-order valence-electron chi connectivity index (χ3n) is 2.57. The van der Waals surface area contributed by atoms with Crippen LogP contribution >= 0.6 is 11.6 Å². The Bertz CT molecular complexity index is 299. The second-order valence-electron chi connectivity index (χ2n) is 3.96. The molecule has 0 N–H and O–H groups in total. The van der Waals surface area contributed by atoms with Crippen LogP contribution in [0.3, 0.4) is 0 Å². The second-order valence-corrected chi connectivity index (χ2v) is 4.35. The third kappa shape index (κ3) is 2.42. The van der Waals surface area contributed by atoms with Gasteiger partial charge in [0.05, 0.1) is 18.1 Å². The van der Waals surface area contributed by atoms with Crippen LogP contribution < -0.4 is 0 Å². The Labute approximate surface area is 89.1 Å². The molecule has 76 valence electrons. The number of hydrogen-bond acceptors (Lipinski definition) is 3. The first-order valence-electron chi connectivity index (χ1n) is 4.93. The molecule has 0 aromatic carbocycles. The summed E-state index contributed by atoms with van der Waals surface area (Å²) in [6.45, 7) is 5.53. The normalized spacial score (nSPS) is 22.9. The number of nitrogens with zero attached hydrogens (tertiary/aromatic N) is 3. The molecule has 1 unspecified atom stereocenters. The Balaban J connectivity index is 1.94. The maximum atomic E-state index is 5.66. The van der Waals surface area contributed by atoms with Crippen LogP contribution in [0.25, 0.3) is 0 Å². The van der Waals surface area contributed by atoms with Crippen LogP contribution in [-0.2, 0) is 6.54 Å². The van der Waals surface area contributed by atoms with Crippen molar-refractivity contribution in [1.82, 2.24) is 14.9 Å². The highest BCUT2D eigenvalue weighted by Crippen LogP contribution is 2.16. The van der Waals surface area contributed by atoms with E-state index in [-0.39, 0.29) is 0 Å². The van der Waals surface area contributed by atoms with Crippen molar-refractivity contribution < 1.29 is 0 Å². The molecule has 4 heteroatoms. The second kappa shape index (κ2) is 4.24. The van der Waals surface area contributed by atoms with E-state index >= 15 is 0 Å². The molecule has 2 rings (SSSR count). The molecule has 1 aliphatic heterocycles. The first-order valence-corrected chi connectivity index (χ1v) is 5.30. The van der Waals surface area contributed by atoms with Crippen molar-refractivity contribution in [3.63, 3.8) is 0 Å². The van der Waals surface area contributed by atoms with E-state index in [1.807, 2.05) is 0 Å². The molecule has 0 spiro atoms. The summed E-state index contributed by atoms with van der Waals surface area (Å²) in [5, 5.41) is 0.462. The van der Waals surface area contributed by atoms with E-state index in [9.17, 15) is 0 Å². The van der Waals surface area contributed by atoms with Crippen molar-refractivity contribution in [3.8, 4) is 0 Å². The van der Waals surface area contributed by atoms with Crippen LogP contribution in [0.4, 0.5) is 0 Å². The quantitative estimate of drug-likeness (QED) is 0.749. The zero-order chi connectivity index (χ0) is 9.97. The predicted octanol–water partition coefficient (Wildman–Crippen LogP) is 1.97. The predicted molar refractivity (Wildman–Crippen MR) is 56.1 cm³/mol. The van der Waals surface area contributed by atoms with Crippen molar-refractivity contribution in [1.29, 1.82) is 0 Å². The van der Waals surface area contributed by atoms with Crippen LogP contribution in [0.2, 0.25) is 5.15 Å². The van der Waals surface area contributed by atoms with Crippen LogP contribution in [0, 0.1) is 5.92 Å². The van der Waals surface area contributed by atoms with Gasteiger partial charge < -0.3 is 0 Å². The van der Waals surface area contributed by atoms with E-state index in [2.05, 4.69) is 21.8 Å². The summed E-state index contributed by atoms with van der Waals surface area (Å²) in [6.07, 6.45) is 4.66. The fourth-order valence-electron chi connectivity index (χ4n) is 1.82. The summed E-state index contributed by atoms with van der Waals surface area (Å²) in [7, 11) is 0. The minimum absolute atomic E-state index is 0.462. The lowest BCUT2D eigenvalue weighted by Gasteiger charge is -2.13. The average Bonchev–Trinajstić information content (AvgIpc) is 2.56. The minimum atomic E-state index is 0.462. The molecule has 1 atom stereocenters. The maximum Gasteiger partial charge on any atom is 0.147 e. The number of halogens is 1. The topological polar surface area (TPSA) is 29.0 Å². The van der Waals surface area contributed by atoms with Crippen LogP contribution in [-0.4, -0.2) is 28.0 Å². The highest BCUT2D eigenvalue weighted by molar-refractivity contribution is 6.29. The molecule has 0 bridgehead atoms. The lowest BCUT2D eigenvalue weighted by atomic mass is 10.2. The van der Waals surface area contributed by atoms with Gasteiger partial charge in [0.2, 0.25) is 0 Å². The fraction of sp³-hybridized carbons (Fsp3) is 0.600. The molecule has 3 nitrogen and oxygen atoms in total.